The Bertz CT molecular complexity index is 639. The van der Waals surface area contributed by atoms with E-state index in [2.05, 4.69) is 9.97 Å². The fraction of sp³-hybridized carbons (Fsp3) is 0.267. The number of hydrogen-bond donors (Lipinski definition) is 2. The topological polar surface area (TPSA) is 98.1 Å². The molecule has 0 fully saturated rings. The Morgan fingerprint density at radius 3 is 2.52 bits per heavy atom. The van der Waals surface area contributed by atoms with Crippen LogP contribution in [0.4, 0.5) is 11.5 Å². The maximum Gasteiger partial charge on any atom is 0.237 e. The predicted molar refractivity (Wildman–Crippen MR) is 82.6 cm³/mol. The van der Waals surface area contributed by atoms with Crippen LogP contribution in [0.25, 0.3) is 0 Å². The van der Waals surface area contributed by atoms with Crippen LogP contribution in [0.3, 0.4) is 0 Å². The van der Waals surface area contributed by atoms with E-state index in [1.165, 1.54) is 0 Å². The predicted octanol–water partition coefficient (Wildman–Crippen LogP) is 1.17. The Morgan fingerprint density at radius 1 is 1.24 bits per heavy atom. The van der Waals surface area contributed by atoms with Gasteiger partial charge in [0.2, 0.25) is 5.91 Å². The highest BCUT2D eigenvalue weighted by atomic mass is 16.1. The molecule has 0 saturated heterocycles. The van der Waals surface area contributed by atoms with Crippen molar-refractivity contribution in [3.05, 3.63) is 47.4 Å². The first-order valence-electron chi connectivity index (χ1n) is 6.63. The largest absolute Gasteiger partial charge is 0.399 e. The van der Waals surface area contributed by atoms with Crippen molar-refractivity contribution in [2.75, 3.05) is 17.2 Å². The lowest BCUT2D eigenvalue weighted by atomic mass is 10.2. The second-order valence-corrected chi connectivity index (χ2v) is 4.98. The average molecular weight is 285 g/mol. The van der Waals surface area contributed by atoms with Gasteiger partial charge in [0, 0.05) is 18.4 Å². The van der Waals surface area contributed by atoms with Crippen molar-refractivity contribution in [3.8, 4) is 0 Å². The zero-order valence-corrected chi connectivity index (χ0v) is 12.2. The van der Waals surface area contributed by atoms with E-state index in [0.29, 0.717) is 18.1 Å². The summed E-state index contributed by atoms with van der Waals surface area (Å²) in [6, 6.07) is 7.49. The number of primary amides is 1. The number of amides is 1. The summed E-state index contributed by atoms with van der Waals surface area (Å²) in [7, 11) is 0. The van der Waals surface area contributed by atoms with Crippen molar-refractivity contribution in [1.29, 1.82) is 0 Å². The van der Waals surface area contributed by atoms with Crippen molar-refractivity contribution in [3.63, 3.8) is 0 Å². The molecule has 0 bridgehead atoms. The molecule has 2 rings (SSSR count). The van der Waals surface area contributed by atoms with Gasteiger partial charge in [0.05, 0.1) is 17.9 Å². The third kappa shape index (κ3) is 3.92. The smallest absolute Gasteiger partial charge is 0.237 e. The summed E-state index contributed by atoms with van der Waals surface area (Å²) in [5, 5.41) is 0. The molecule has 6 heteroatoms. The maximum absolute atomic E-state index is 11.3. The van der Waals surface area contributed by atoms with Gasteiger partial charge in [-0.1, -0.05) is 12.1 Å². The normalized spacial score (nSPS) is 10.4. The van der Waals surface area contributed by atoms with Gasteiger partial charge < -0.3 is 16.4 Å². The Balaban J connectivity index is 2.31. The first kappa shape index (κ1) is 14.8. The molecule has 0 radical (unpaired) electrons. The van der Waals surface area contributed by atoms with Crippen LogP contribution in [0.1, 0.15) is 17.0 Å². The molecule has 0 aliphatic rings. The molecule has 0 aliphatic heterocycles. The highest BCUT2D eigenvalue weighted by Crippen LogP contribution is 2.18. The number of carbonyl (C=O) groups excluding carboxylic acids is 1. The third-order valence-corrected chi connectivity index (χ3v) is 3.05. The molecule has 110 valence electrons. The number of aryl methyl sites for hydroxylation is 2. The zero-order valence-electron chi connectivity index (χ0n) is 12.2. The second kappa shape index (κ2) is 6.21. The van der Waals surface area contributed by atoms with Crippen molar-refractivity contribution in [1.82, 2.24) is 9.97 Å². The molecule has 2 aromatic rings. The Labute approximate surface area is 123 Å². The molecule has 21 heavy (non-hydrogen) atoms. The molecule has 0 atom stereocenters. The van der Waals surface area contributed by atoms with Crippen LogP contribution in [-0.2, 0) is 11.3 Å². The molecular weight excluding hydrogens is 266 g/mol. The highest BCUT2D eigenvalue weighted by molar-refractivity contribution is 5.79. The van der Waals surface area contributed by atoms with Crippen LogP contribution in [-0.4, -0.2) is 22.4 Å². The molecule has 0 unspecified atom stereocenters. The minimum atomic E-state index is -0.409. The number of aromatic nitrogens is 2. The van der Waals surface area contributed by atoms with Crippen LogP contribution in [0.15, 0.2) is 30.5 Å². The van der Waals surface area contributed by atoms with Crippen LogP contribution in [0, 0.1) is 13.8 Å². The third-order valence-electron chi connectivity index (χ3n) is 3.05. The number of nitrogens with two attached hydrogens (primary N) is 2. The molecule has 0 spiro atoms. The van der Waals surface area contributed by atoms with Gasteiger partial charge in [0.25, 0.3) is 0 Å². The zero-order chi connectivity index (χ0) is 15.4. The molecule has 6 nitrogen and oxygen atoms in total. The van der Waals surface area contributed by atoms with Crippen molar-refractivity contribution >= 4 is 17.4 Å². The van der Waals surface area contributed by atoms with E-state index in [1.54, 1.807) is 6.20 Å². The number of carbonyl (C=O) groups is 1. The Hall–Kier alpha value is -2.63. The van der Waals surface area contributed by atoms with Gasteiger partial charge >= 0.3 is 0 Å². The summed E-state index contributed by atoms with van der Waals surface area (Å²) in [4.78, 5) is 21.9. The maximum atomic E-state index is 11.3. The van der Waals surface area contributed by atoms with Crippen LogP contribution in [0.2, 0.25) is 0 Å². The fourth-order valence-corrected chi connectivity index (χ4v) is 2.06. The molecule has 1 aromatic carbocycles. The first-order chi connectivity index (χ1) is 9.95. The van der Waals surface area contributed by atoms with E-state index in [4.69, 9.17) is 11.5 Å². The monoisotopic (exact) mass is 285 g/mol. The van der Waals surface area contributed by atoms with Gasteiger partial charge in [0.1, 0.15) is 0 Å². The summed E-state index contributed by atoms with van der Waals surface area (Å²) >= 11 is 0. The summed E-state index contributed by atoms with van der Waals surface area (Å²) < 4.78 is 0. The van der Waals surface area contributed by atoms with Crippen LogP contribution in [0.5, 0.6) is 0 Å². The minimum absolute atomic E-state index is 0.0867. The van der Waals surface area contributed by atoms with Crippen LogP contribution >= 0.6 is 0 Å². The Kier molecular flexibility index (Phi) is 4.37. The minimum Gasteiger partial charge on any atom is -0.399 e. The number of hydrogen-bond acceptors (Lipinski definition) is 5. The van der Waals surface area contributed by atoms with E-state index in [9.17, 15) is 4.79 Å². The van der Waals surface area contributed by atoms with Crippen LogP contribution < -0.4 is 16.4 Å². The van der Waals surface area contributed by atoms with E-state index in [0.717, 1.165) is 17.0 Å². The van der Waals surface area contributed by atoms with E-state index in [-0.39, 0.29) is 6.54 Å². The standard InChI is InChI=1S/C15H19N5O/c1-10-7-18-11(2)15(19-10)20(9-14(17)21)8-12-3-5-13(16)6-4-12/h3-7H,8-9,16H2,1-2H3,(H2,17,21). The lowest BCUT2D eigenvalue weighted by Crippen LogP contribution is -2.34. The number of rotatable bonds is 5. The summed E-state index contributed by atoms with van der Waals surface area (Å²) in [5.41, 5.74) is 14.3. The van der Waals surface area contributed by atoms with E-state index >= 15 is 0 Å². The Morgan fingerprint density at radius 2 is 1.90 bits per heavy atom. The summed E-state index contributed by atoms with van der Waals surface area (Å²) in [5.74, 6) is 0.263. The number of anilines is 2. The molecule has 0 saturated carbocycles. The molecule has 1 aromatic heterocycles. The lowest BCUT2D eigenvalue weighted by molar-refractivity contribution is -0.116. The summed E-state index contributed by atoms with van der Waals surface area (Å²) in [6.07, 6.45) is 1.70. The summed E-state index contributed by atoms with van der Waals surface area (Å²) in [6.45, 7) is 4.33. The molecule has 4 N–H and O–H groups in total. The molecular formula is C15H19N5O. The van der Waals surface area contributed by atoms with Gasteiger partial charge in [-0.25, -0.2) is 4.98 Å². The number of benzene rings is 1. The average Bonchev–Trinajstić information content (AvgIpc) is 2.43. The van der Waals surface area contributed by atoms with Gasteiger partial charge in [-0.05, 0) is 31.5 Å². The first-order valence-corrected chi connectivity index (χ1v) is 6.63. The van der Waals surface area contributed by atoms with E-state index in [1.807, 2.05) is 43.0 Å². The number of nitrogens with zero attached hydrogens (tertiary/aromatic N) is 3. The van der Waals surface area contributed by atoms with E-state index < -0.39 is 5.91 Å². The fourth-order valence-electron chi connectivity index (χ4n) is 2.06. The van der Waals surface area contributed by atoms with Crippen molar-refractivity contribution in [2.24, 2.45) is 5.73 Å². The van der Waals surface area contributed by atoms with Crippen molar-refractivity contribution < 1.29 is 4.79 Å². The van der Waals surface area contributed by atoms with Gasteiger partial charge in [-0.3, -0.25) is 9.78 Å². The number of nitrogen functional groups attached to an aromatic ring is 1. The second-order valence-electron chi connectivity index (χ2n) is 4.98. The van der Waals surface area contributed by atoms with Crippen molar-refractivity contribution in [2.45, 2.75) is 20.4 Å². The van der Waals surface area contributed by atoms with Gasteiger partial charge in [-0.15, -0.1) is 0 Å². The van der Waals surface area contributed by atoms with Gasteiger partial charge in [0.15, 0.2) is 5.82 Å². The SMILES string of the molecule is Cc1cnc(C)c(N(CC(N)=O)Cc2ccc(N)cc2)n1. The lowest BCUT2D eigenvalue weighted by Gasteiger charge is -2.23. The van der Waals surface area contributed by atoms with Gasteiger partial charge in [-0.2, -0.15) is 0 Å². The molecule has 0 aliphatic carbocycles. The quantitative estimate of drug-likeness (QED) is 0.803. The molecule has 1 heterocycles. The highest BCUT2D eigenvalue weighted by Gasteiger charge is 2.15. The molecule has 1 amide bonds.